The lowest BCUT2D eigenvalue weighted by atomic mass is 9.87. The first kappa shape index (κ1) is 22.9. The smallest absolute Gasteiger partial charge is 0.289 e. The predicted molar refractivity (Wildman–Crippen MR) is 122 cm³/mol. The molecule has 0 aliphatic carbocycles. The van der Waals surface area contributed by atoms with Crippen molar-refractivity contribution in [3.05, 3.63) is 54.0 Å². The third-order valence-corrected chi connectivity index (χ3v) is 6.58. The molecule has 8 heteroatoms. The second-order valence-electron chi connectivity index (χ2n) is 8.68. The molecule has 2 aromatic rings. The number of carbonyl (C=O) groups excluding carboxylic acids is 3. The van der Waals surface area contributed by atoms with E-state index < -0.39 is 6.04 Å². The van der Waals surface area contributed by atoms with Gasteiger partial charge in [-0.15, -0.1) is 0 Å². The maximum atomic E-state index is 13.5. The third-order valence-electron chi connectivity index (χ3n) is 6.58. The molecule has 1 N–H and O–H groups in total. The van der Waals surface area contributed by atoms with Crippen molar-refractivity contribution in [2.45, 2.75) is 38.1 Å². The van der Waals surface area contributed by atoms with Gasteiger partial charge in [0.05, 0.1) is 13.4 Å². The van der Waals surface area contributed by atoms with Gasteiger partial charge in [-0.3, -0.25) is 14.4 Å². The Kier molecular flexibility index (Phi) is 7.32. The summed E-state index contributed by atoms with van der Waals surface area (Å²) in [6, 6.07) is 9.65. The lowest BCUT2D eigenvalue weighted by Gasteiger charge is -2.38. The molecule has 1 atom stereocenters. The normalized spacial score (nSPS) is 18.0. The Morgan fingerprint density at radius 1 is 1.00 bits per heavy atom. The molecule has 3 amide bonds. The molecule has 4 rings (SSSR count). The van der Waals surface area contributed by atoms with Crippen molar-refractivity contribution in [1.29, 1.82) is 0 Å². The van der Waals surface area contributed by atoms with E-state index in [1.54, 1.807) is 48.4 Å². The Morgan fingerprint density at radius 3 is 2.42 bits per heavy atom. The predicted octanol–water partition coefficient (Wildman–Crippen LogP) is 2.95. The van der Waals surface area contributed by atoms with Gasteiger partial charge < -0.3 is 24.3 Å². The molecule has 176 valence electrons. The highest BCUT2D eigenvalue weighted by atomic mass is 16.5. The fraction of sp³-hybridized carbons (Fsp3) is 0.480. The summed E-state index contributed by atoms with van der Waals surface area (Å²) in [5, 5.41) is 3.02. The highest BCUT2D eigenvalue weighted by Gasteiger charge is 2.37. The molecular weight excluding hydrogens is 422 g/mol. The van der Waals surface area contributed by atoms with Gasteiger partial charge in [-0.2, -0.15) is 0 Å². The molecule has 8 nitrogen and oxygen atoms in total. The van der Waals surface area contributed by atoms with Crippen molar-refractivity contribution < 1.29 is 23.5 Å². The first-order chi connectivity index (χ1) is 16.1. The van der Waals surface area contributed by atoms with Gasteiger partial charge in [0.1, 0.15) is 11.8 Å². The van der Waals surface area contributed by atoms with Crippen LogP contribution in [0.3, 0.4) is 0 Å². The molecule has 0 bridgehead atoms. The Balaban J connectivity index is 1.47. The maximum absolute atomic E-state index is 13.5. The van der Waals surface area contributed by atoms with Crippen molar-refractivity contribution in [3.8, 4) is 5.75 Å². The number of hydrogen-bond donors (Lipinski definition) is 1. The Hall–Kier alpha value is -3.29. The lowest BCUT2D eigenvalue weighted by Crippen LogP contribution is -2.55. The zero-order chi connectivity index (χ0) is 23.2. The van der Waals surface area contributed by atoms with Gasteiger partial charge in [-0.25, -0.2) is 0 Å². The van der Waals surface area contributed by atoms with Crippen LogP contribution in [-0.4, -0.2) is 66.9 Å². The lowest BCUT2D eigenvalue weighted by molar-refractivity contribution is -0.136. The van der Waals surface area contributed by atoms with E-state index in [1.165, 1.54) is 6.26 Å². The van der Waals surface area contributed by atoms with Crippen molar-refractivity contribution in [3.63, 3.8) is 0 Å². The van der Waals surface area contributed by atoms with Crippen LogP contribution in [0.5, 0.6) is 5.75 Å². The van der Waals surface area contributed by atoms with Crippen LogP contribution in [0.25, 0.3) is 0 Å². The minimum atomic E-state index is -0.623. The van der Waals surface area contributed by atoms with Crippen molar-refractivity contribution in [2.75, 3.05) is 33.3 Å². The van der Waals surface area contributed by atoms with Gasteiger partial charge in [0.2, 0.25) is 5.91 Å². The third kappa shape index (κ3) is 5.38. The fourth-order valence-corrected chi connectivity index (χ4v) is 4.67. The SMILES string of the molecule is COc1cccc(C(=O)NC(C(=O)N2CCCCC2)C2CCN(C(=O)c3ccco3)CC2)c1. The van der Waals surface area contributed by atoms with E-state index in [9.17, 15) is 14.4 Å². The number of benzene rings is 1. The Morgan fingerprint density at radius 2 is 1.76 bits per heavy atom. The first-order valence-corrected chi connectivity index (χ1v) is 11.6. The van der Waals surface area contributed by atoms with Crippen LogP contribution < -0.4 is 10.1 Å². The molecule has 2 saturated heterocycles. The number of carbonyl (C=O) groups is 3. The molecule has 1 unspecified atom stereocenters. The molecule has 0 saturated carbocycles. The number of amides is 3. The topological polar surface area (TPSA) is 92.1 Å². The number of likely N-dealkylation sites (tertiary alicyclic amines) is 2. The van der Waals surface area contributed by atoms with Crippen LogP contribution in [0.1, 0.15) is 53.0 Å². The molecule has 1 aromatic heterocycles. The summed E-state index contributed by atoms with van der Waals surface area (Å²) < 4.78 is 10.5. The quantitative estimate of drug-likeness (QED) is 0.726. The van der Waals surface area contributed by atoms with Gasteiger partial charge >= 0.3 is 0 Å². The molecule has 2 fully saturated rings. The number of hydrogen-bond acceptors (Lipinski definition) is 5. The van der Waals surface area contributed by atoms with Gasteiger partial charge in [0, 0.05) is 31.7 Å². The van der Waals surface area contributed by atoms with Crippen LogP contribution in [0.2, 0.25) is 0 Å². The fourth-order valence-electron chi connectivity index (χ4n) is 4.67. The van der Waals surface area contributed by atoms with Crippen LogP contribution in [0.15, 0.2) is 47.1 Å². The van der Waals surface area contributed by atoms with E-state index in [4.69, 9.17) is 9.15 Å². The first-order valence-electron chi connectivity index (χ1n) is 11.6. The van der Waals surface area contributed by atoms with Gasteiger partial charge in [0.15, 0.2) is 5.76 Å². The van der Waals surface area contributed by atoms with Crippen molar-refractivity contribution >= 4 is 17.7 Å². The Labute approximate surface area is 193 Å². The van der Waals surface area contributed by atoms with Crippen molar-refractivity contribution in [2.24, 2.45) is 5.92 Å². The van der Waals surface area contributed by atoms with Gasteiger partial charge in [-0.1, -0.05) is 6.07 Å². The largest absolute Gasteiger partial charge is 0.497 e. The number of rotatable bonds is 6. The van der Waals surface area contributed by atoms with E-state index in [0.29, 0.717) is 43.0 Å². The minimum absolute atomic E-state index is 0.0262. The maximum Gasteiger partial charge on any atom is 0.289 e. The van der Waals surface area contributed by atoms with Gasteiger partial charge in [0.25, 0.3) is 11.8 Å². The molecule has 33 heavy (non-hydrogen) atoms. The number of furan rings is 1. The van der Waals surface area contributed by atoms with E-state index in [0.717, 1.165) is 32.4 Å². The summed E-state index contributed by atoms with van der Waals surface area (Å²) in [4.78, 5) is 42.8. The van der Waals surface area contributed by atoms with E-state index in [-0.39, 0.29) is 23.6 Å². The molecule has 0 spiro atoms. The number of nitrogens with zero attached hydrogens (tertiary/aromatic N) is 2. The molecule has 0 radical (unpaired) electrons. The van der Waals surface area contributed by atoms with Crippen LogP contribution in [0, 0.1) is 5.92 Å². The zero-order valence-electron chi connectivity index (χ0n) is 19.0. The highest BCUT2D eigenvalue weighted by Crippen LogP contribution is 2.25. The Bertz CT molecular complexity index is 960. The summed E-state index contributed by atoms with van der Waals surface area (Å²) in [5.74, 6) is 0.402. The molecule has 1 aromatic carbocycles. The molecule has 2 aliphatic rings. The van der Waals surface area contributed by atoms with E-state index in [2.05, 4.69) is 5.32 Å². The summed E-state index contributed by atoms with van der Waals surface area (Å²) in [6.45, 7) is 2.48. The van der Waals surface area contributed by atoms with Crippen LogP contribution in [0.4, 0.5) is 0 Å². The second-order valence-corrected chi connectivity index (χ2v) is 8.68. The average molecular weight is 454 g/mol. The number of methoxy groups -OCH3 is 1. The zero-order valence-corrected chi connectivity index (χ0v) is 19.0. The summed E-state index contributed by atoms with van der Waals surface area (Å²) in [7, 11) is 1.55. The summed E-state index contributed by atoms with van der Waals surface area (Å²) in [5.41, 5.74) is 0.455. The van der Waals surface area contributed by atoms with Crippen LogP contribution >= 0.6 is 0 Å². The number of piperidine rings is 2. The molecule has 2 aliphatic heterocycles. The van der Waals surface area contributed by atoms with Crippen LogP contribution in [-0.2, 0) is 4.79 Å². The van der Waals surface area contributed by atoms with Gasteiger partial charge in [-0.05, 0) is 68.4 Å². The summed E-state index contributed by atoms with van der Waals surface area (Å²) in [6.07, 6.45) is 5.85. The second kappa shape index (κ2) is 10.6. The monoisotopic (exact) mass is 453 g/mol. The highest BCUT2D eigenvalue weighted by molar-refractivity contribution is 5.98. The minimum Gasteiger partial charge on any atom is -0.497 e. The number of nitrogens with one attached hydrogen (secondary N) is 1. The molecule has 3 heterocycles. The standard InChI is InChI=1S/C25H31N3O5/c1-32-20-8-5-7-19(17-20)23(29)26-22(25(31)27-12-3-2-4-13-27)18-10-14-28(15-11-18)24(30)21-9-6-16-33-21/h5-9,16-18,22H,2-4,10-15H2,1H3,(H,26,29). The summed E-state index contributed by atoms with van der Waals surface area (Å²) >= 11 is 0. The van der Waals surface area contributed by atoms with E-state index >= 15 is 0 Å². The molecular formula is C25H31N3O5. The van der Waals surface area contributed by atoms with E-state index in [1.807, 2.05) is 4.90 Å². The van der Waals surface area contributed by atoms with Crippen molar-refractivity contribution in [1.82, 2.24) is 15.1 Å². The average Bonchev–Trinajstić information content (AvgIpc) is 3.42. The number of ether oxygens (including phenoxy) is 1.